The van der Waals surface area contributed by atoms with Gasteiger partial charge in [-0.15, -0.1) is 0 Å². The van der Waals surface area contributed by atoms with Gasteiger partial charge in [0.15, 0.2) is 0 Å². The van der Waals surface area contributed by atoms with Gasteiger partial charge in [0.1, 0.15) is 40.4 Å². The molecule has 5 fully saturated rings. The van der Waals surface area contributed by atoms with Crippen LogP contribution in [0.5, 0.6) is 23.0 Å². The molecule has 0 bridgehead atoms. The highest BCUT2D eigenvalue weighted by Gasteiger charge is 2.29. The highest BCUT2D eigenvalue weighted by molar-refractivity contribution is 5.85. The number of ether oxygens (including phenoxy) is 5. The van der Waals surface area contributed by atoms with Crippen LogP contribution in [0, 0.1) is 12.8 Å². The first kappa shape index (κ1) is 115. The minimum absolute atomic E-state index is 0.00345. The molecule has 1 aliphatic carbocycles. The summed E-state index contributed by atoms with van der Waals surface area (Å²) in [5.74, 6) is 5.94. The second-order valence-electron chi connectivity index (χ2n) is 47.2. The second-order valence-corrected chi connectivity index (χ2v) is 47.2. The number of carbonyl (C=O) groups excluding carboxylic acids is 1. The molecule has 4 aliphatic heterocycles. The lowest BCUT2D eigenvalue weighted by Gasteiger charge is -2.31. The van der Waals surface area contributed by atoms with Crippen molar-refractivity contribution in [2.45, 2.75) is 325 Å². The summed E-state index contributed by atoms with van der Waals surface area (Å²) in [6.45, 7) is 68.4. The van der Waals surface area contributed by atoms with Gasteiger partial charge in [-0.3, -0.25) is 34.4 Å². The van der Waals surface area contributed by atoms with Gasteiger partial charge in [0.2, 0.25) is 11.9 Å². The van der Waals surface area contributed by atoms with Crippen LogP contribution in [0.15, 0.2) is 195 Å². The first-order valence-electron chi connectivity index (χ1n) is 52.1. The summed E-state index contributed by atoms with van der Waals surface area (Å²) in [6, 6.07) is 52.6. The molecule has 1 saturated carbocycles. The van der Waals surface area contributed by atoms with Gasteiger partial charge in [-0.25, -0.2) is 4.98 Å². The number of hydrogen-bond donors (Lipinski definition) is 3. The fourth-order valence-corrected chi connectivity index (χ4v) is 16.7. The molecule has 21 heteroatoms. The van der Waals surface area contributed by atoms with Gasteiger partial charge in [-0.2, -0.15) is 10.1 Å². The summed E-state index contributed by atoms with van der Waals surface area (Å²) in [5.41, 5.74) is 18.8. The maximum Gasteiger partial charge on any atom is 0.227 e. The molecule has 142 heavy (non-hydrogen) atoms. The molecular formula is C121H176N14O7. The number of phenols is 1. The number of nitrogens with one attached hydrogen (secondary N) is 2. The van der Waals surface area contributed by atoms with E-state index in [9.17, 15) is 9.90 Å². The number of unbranched alkanes of at least 4 members (excludes halogenated alkanes) is 1. The van der Waals surface area contributed by atoms with Crippen LogP contribution in [-0.2, 0) is 83.9 Å². The Morgan fingerprint density at radius 3 is 1.57 bits per heavy atom. The average molecular weight is 1940 g/mol. The fraction of sp³-hybridized carbons (Fsp3) is 0.545. The van der Waals surface area contributed by atoms with Gasteiger partial charge in [0.05, 0.1) is 56.6 Å². The number of benzene rings is 4. The summed E-state index contributed by atoms with van der Waals surface area (Å²) < 4.78 is 30.3. The van der Waals surface area contributed by atoms with E-state index >= 15 is 0 Å². The molecule has 772 valence electrons. The molecule has 11 aromatic rings. The molecule has 21 nitrogen and oxygen atoms in total. The minimum Gasteiger partial charge on any atom is -0.505 e. The van der Waals surface area contributed by atoms with Gasteiger partial charge in [-0.1, -0.05) is 240 Å². The predicted octanol–water partition coefficient (Wildman–Crippen LogP) is 25.3. The topological polar surface area (TPSA) is 225 Å². The van der Waals surface area contributed by atoms with E-state index in [-0.39, 0.29) is 49.2 Å². The lowest BCUT2D eigenvalue weighted by Crippen LogP contribution is -2.43. The van der Waals surface area contributed by atoms with Crippen LogP contribution in [0.4, 0.5) is 11.8 Å². The van der Waals surface area contributed by atoms with Crippen molar-refractivity contribution in [3.63, 3.8) is 0 Å². The van der Waals surface area contributed by atoms with Gasteiger partial charge >= 0.3 is 0 Å². The molecule has 0 spiro atoms. The highest BCUT2D eigenvalue weighted by Crippen LogP contribution is 2.38. The zero-order valence-corrected chi connectivity index (χ0v) is 92.2. The second kappa shape index (κ2) is 53.2. The Morgan fingerprint density at radius 1 is 0.507 bits per heavy atom. The number of rotatable bonds is 20. The summed E-state index contributed by atoms with van der Waals surface area (Å²) in [5, 5.41) is 22.2. The molecule has 7 aromatic heterocycles. The first-order valence-corrected chi connectivity index (χ1v) is 52.1. The molecule has 11 heterocycles. The Labute approximate surface area is 854 Å². The number of likely N-dealkylation sites (tertiary alicyclic amines) is 1. The summed E-state index contributed by atoms with van der Waals surface area (Å²) in [4.78, 5) is 48.9. The number of carbonyl (C=O) groups is 1. The molecule has 0 unspecified atom stereocenters. The number of aromatic hydroxyl groups is 1. The average Bonchev–Trinajstić information content (AvgIpc) is 0.834. The van der Waals surface area contributed by atoms with Crippen LogP contribution in [-0.4, -0.2) is 177 Å². The van der Waals surface area contributed by atoms with Crippen LogP contribution in [0.3, 0.4) is 0 Å². The number of nitrogens with zero attached hydrogens (tertiary/aromatic N) is 12. The van der Waals surface area contributed by atoms with E-state index in [0.717, 1.165) is 173 Å². The van der Waals surface area contributed by atoms with E-state index in [0.29, 0.717) is 42.5 Å². The number of hydrogen-bond acceptors (Lipinski definition) is 19. The van der Waals surface area contributed by atoms with Crippen LogP contribution >= 0.6 is 0 Å². The Bertz CT molecular complexity index is 5580. The largest absolute Gasteiger partial charge is 0.505 e. The predicted molar refractivity (Wildman–Crippen MR) is 588 cm³/mol. The van der Waals surface area contributed by atoms with Crippen molar-refractivity contribution in [3.8, 4) is 23.0 Å². The van der Waals surface area contributed by atoms with E-state index in [1.54, 1.807) is 31.4 Å². The lowest BCUT2D eigenvalue weighted by molar-refractivity contribution is -0.128. The molecule has 3 N–H and O–H groups in total. The van der Waals surface area contributed by atoms with Crippen molar-refractivity contribution in [2.24, 2.45) is 13.0 Å². The Kier molecular flexibility index (Phi) is 43.1. The highest BCUT2D eigenvalue weighted by atomic mass is 16.5. The SMILES string of the molecule is CC(C)(C)c1cc(NC2COC2)nc(N2CCOCC2)n1.CC(C)(C)c1ccc(OC2CCCCC2)cc1.CC(C)(C)c1ccc2cccnc2c1O.CC(C)(C)c1ccnc(Cc2cccnc2)c1.CCN1CCC(Oc2ccc(C(C)(C)C)cc2)CC1.CN(C)C(=O)CCCCOc1cccc(C(C)(C)C)c1.Cc1cnc(CC2CNC2)cc1C(C)(C)C.Cn1ccc(Cc2cc(C(C)(C)C)ccn2)n1. The number of amides is 1. The number of pyridine rings is 5. The molecular weight excluding hydrogens is 1760 g/mol. The third kappa shape index (κ3) is 39.1. The zero-order valence-electron chi connectivity index (χ0n) is 92.2. The number of anilines is 2. The number of aryl methyl sites for hydroxylation is 2. The number of fused-ring (bicyclic) bond motifs is 1. The third-order valence-electron chi connectivity index (χ3n) is 26.1. The number of piperidine rings is 1. The number of phenolic OH excluding ortho intramolecular Hbond substituents is 1. The van der Waals surface area contributed by atoms with Gasteiger partial charge < -0.3 is 54.1 Å². The Hall–Kier alpha value is -10.7. The Morgan fingerprint density at radius 2 is 1.07 bits per heavy atom. The van der Waals surface area contributed by atoms with Crippen molar-refractivity contribution in [3.05, 3.63) is 274 Å². The lowest BCUT2D eigenvalue weighted by atomic mass is 9.84. The van der Waals surface area contributed by atoms with E-state index in [2.05, 4.69) is 339 Å². The maximum atomic E-state index is 11.4. The van der Waals surface area contributed by atoms with E-state index in [1.807, 2.05) is 91.2 Å². The summed E-state index contributed by atoms with van der Waals surface area (Å²) in [6.07, 6.45) is 27.9. The van der Waals surface area contributed by atoms with Crippen LogP contribution < -0.4 is 29.7 Å². The number of morpholine rings is 1. The Balaban J connectivity index is 0.000000181. The molecule has 16 rings (SSSR count). The van der Waals surface area contributed by atoms with Crippen LogP contribution in [0.1, 0.15) is 316 Å². The molecule has 0 atom stereocenters. The standard InChI is InChI=1S/C17H27NO2.C17H27NO.C16H24O.C15H24N4O2.C15H18N2.C14H19N3.C14H22N2.C13H15NO/c1-17(2,3)14-9-8-10-15(13-14)20-12-7-6-11-16(19)18(4)5;1-5-18-12-10-16(11-13-18)19-15-8-6-14(7-9-15)17(2,3)4;1-16(2,3)13-9-11-15(12-10-13)17-14-7-5-4-6-8-14;1-15(2,3)12-8-13(16-11-9-21-10-11)18-14(17-12)19-4-6-20-7-5-19;1-15(2,3)13-6-8-17-14(10-13)9-12-5-4-7-16-11-12;1-14(2,3)11-5-7-15-13(9-11)10-12-6-8-17(4)16-12;1-10-7-16-12(5-11-8-15-9-11)6-13(10)14(2,3)4;1-13(2,3)10-7-6-9-5-4-8-14-11(9)12(10)15/h8-10,13H,6-7,11-12H2,1-5H3;6-9,16H,5,10-13H2,1-4H3;9-12,14H,4-8H2,1-3H3;8,11H,4-7,9-10H2,1-3H3,(H,16,17,18);4-8,10-11H,9H2,1-3H3;5-9H,10H2,1-4H3;6-7,11,15H,5,8-9H2,1-4H3;4-8,15H,1-3H3. The molecule has 1 amide bonds. The zero-order chi connectivity index (χ0) is 104. The van der Waals surface area contributed by atoms with Gasteiger partial charge in [0.25, 0.3) is 0 Å². The van der Waals surface area contributed by atoms with E-state index in [4.69, 9.17) is 28.7 Å². The molecule has 5 aliphatic rings. The monoisotopic (exact) mass is 1940 g/mol. The quantitative estimate of drug-likeness (QED) is 0.0603. The third-order valence-corrected chi connectivity index (χ3v) is 26.1. The molecule has 0 radical (unpaired) electrons. The van der Waals surface area contributed by atoms with Crippen LogP contribution in [0.2, 0.25) is 0 Å². The van der Waals surface area contributed by atoms with Gasteiger partial charge in [-0.05, 0) is 258 Å². The summed E-state index contributed by atoms with van der Waals surface area (Å²) >= 11 is 0. The van der Waals surface area contributed by atoms with Gasteiger partial charge in [0, 0.05) is 149 Å². The molecule has 4 saturated heterocycles. The van der Waals surface area contributed by atoms with Crippen molar-refractivity contribution in [2.75, 3.05) is 103 Å². The minimum atomic E-state index is -0.0597. The van der Waals surface area contributed by atoms with Crippen molar-refractivity contribution >= 4 is 28.6 Å². The fourth-order valence-electron chi connectivity index (χ4n) is 16.7. The first-order chi connectivity index (χ1) is 66.8. The van der Waals surface area contributed by atoms with Crippen molar-refractivity contribution in [1.82, 2.24) is 59.8 Å². The molecule has 4 aromatic carbocycles. The van der Waals surface area contributed by atoms with Crippen LogP contribution in [0.25, 0.3) is 10.9 Å². The normalized spacial score (nSPS) is 15.2. The maximum absolute atomic E-state index is 11.4. The number of aromatic nitrogens is 9. The van der Waals surface area contributed by atoms with Crippen molar-refractivity contribution < 1.29 is 33.6 Å². The van der Waals surface area contributed by atoms with Crippen molar-refractivity contribution in [1.29, 1.82) is 0 Å². The summed E-state index contributed by atoms with van der Waals surface area (Å²) in [7, 11) is 5.51. The van der Waals surface area contributed by atoms with E-state index < -0.39 is 0 Å². The van der Waals surface area contributed by atoms with E-state index in [1.165, 1.54) is 95.4 Å². The smallest absolute Gasteiger partial charge is 0.227 e.